The van der Waals surface area contributed by atoms with Crippen molar-refractivity contribution < 1.29 is 28.7 Å². The molecule has 14 heteroatoms. The lowest BCUT2D eigenvalue weighted by Crippen LogP contribution is -2.32. The van der Waals surface area contributed by atoms with E-state index in [2.05, 4.69) is 26.2 Å². The molecule has 2 N–H and O–H groups in total. The second-order valence-corrected chi connectivity index (χ2v) is 13.6. The van der Waals surface area contributed by atoms with Crippen LogP contribution in [0.25, 0.3) is 0 Å². The number of anilines is 2. The van der Waals surface area contributed by atoms with Gasteiger partial charge in [-0.2, -0.15) is 0 Å². The van der Waals surface area contributed by atoms with Crippen LogP contribution >= 0.6 is 50.6 Å². The Morgan fingerprint density at radius 2 is 1.76 bits per heavy atom. The standard InChI is InChI=1S/C31H23BrClN3O7S2/c1-2-42-30(40)15-3-10-19(11-4-15)36-28(38)24-23(25-27(35-31(41)45-25)44-26(24)29(36)39)20-13-16(32)5-12-21(20)43-14-22(37)34-18-8-6-17(33)7-9-18/h3-13,23-24,26H,2,14H2,1H3,(H,34,37)(H,35,41)/t23-,24-,26+/m0/s1. The molecule has 6 rings (SSSR count). The molecule has 3 aromatic carbocycles. The molecule has 2 aliphatic heterocycles. The van der Waals surface area contributed by atoms with Gasteiger partial charge >= 0.3 is 10.8 Å². The van der Waals surface area contributed by atoms with Crippen molar-refractivity contribution in [2.75, 3.05) is 23.4 Å². The van der Waals surface area contributed by atoms with Crippen LogP contribution in [0.3, 0.4) is 0 Å². The first-order valence-electron chi connectivity index (χ1n) is 13.7. The first-order valence-corrected chi connectivity index (χ1v) is 16.5. The third-order valence-electron chi connectivity index (χ3n) is 7.25. The zero-order valence-electron chi connectivity index (χ0n) is 23.4. The van der Waals surface area contributed by atoms with Gasteiger partial charge in [0.2, 0.25) is 11.8 Å². The number of thiazole rings is 1. The topological polar surface area (TPSA) is 135 Å². The fraction of sp³-hybridized carbons (Fsp3) is 0.194. The highest BCUT2D eigenvalue weighted by atomic mass is 79.9. The van der Waals surface area contributed by atoms with E-state index in [4.69, 9.17) is 21.1 Å². The van der Waals surface area contributed by atoms with Crippen molar-refractivity contribution in [1.82, 2.24) is 4.98 Å². The Hall–Kier alpha value is -3.91. The first kappa shape index (κ1) is 31.1. The van der Waals surface area contributed by atoms with Gasteiger partial charge in [0.1, 0.15) is 11.0 Å². The van der Waals surface area contributed by atoms with E-state index in [0.717, 1.165) is 28.0 Å². The van der Waals surface area contributed by atoms with E-state index in [1.807, 2.05) is 0 Å². The Morgan fingerprint density at radius 1 is 1.02 bits per heavy atom. The number of thioether (sulfide) groups is 1. The smallest absolute Gasteiger partial charge is 0.338 e. The quantitative estimate of drug-likeness (QED) is 0.171. The van der Waals surface area contributed by atoms with Crippen molar-refractivity contribution in [2.45, 2.75) is 23.1 Å². The average Bonchev–Trinajstić information content (AvgIpc) is 3.51. The van der Waals surface area contributed by atoms with Gasteiger partial charge in [0.15, 0.2) is 6.61 Å². The number of fused-ring (bicyclic) bond motifs is 2. The Balaban J connectivity index is 1.33. The maximum absolute atomic E-state index is 14.2. The van der Waals surface area contributed by atoms with E-state index < -0.39 is 40.8 Å². The number of amides is 3. The zero-order chi connectivity index (χ0) is 31.8. The summed E-state index contributed by atoms with van der Waals surface area (Å²) in [7, 11) is 0. The lowest BCUT2D eigenvalue weighted by Gasteiger charge is -2.31. The van der Waals surface area contributed by atoms with Crippen molar-refractivity contribution in [2.24, 2.45) is 5.92 Å². The van der Waals surface area contributed by atoms with Crippen molar-refractivity contribution >= 4 is 85.7 Å². The highest BCUT2D eigenvalue weighted by molar-refractivity contribution is 9.10. The van der Waals surface area contributed by atoms with E-state index >= 15 is 0 Å². The Kier molecular flexibility index (Phi) is 8.87. The molecule has 10 nitrogen and oxygen atoms in total. The monoisotopic (exact) mass is 727 g/mol. The van der Waals surface area contributed by atoms with Crippen LogP contribution in [0.15, 0.2) is 81.0 Å². The molecule has 0 bridgehead atoms. The number of aromatic amines is 1. The van der Waals surface area contributed by atoms with E-state index in [1.54, 1.807) is 49.4 Å². The van der Waals surface area contributed by atoms with E-state index in [9.17, 15) is 24.0 Å². The maximum atomic E-state index is 14.2. The number of aromatic nitrogens is 1. The van der Waals surface area contributed by atoms with Gasteiger partial charge in [0.05, 0.1) is 28.8 Å². The molecule has 3 amide bonds. The summed E-state index contributed by atoms with van der Waals surface area (Å²) in [5.41, 5.74) is 1.69. The molecular formula is C31H23BrClN3O7S2. The number of carbonyl (C=O) groups is 4. The zero-order valence-corrected chi connectivity index (χ0v) is 27.3. The van der Waals surface area contributed by atoms with Gasteiger partial charge in [0, 0.05) is 31.5 Å². The SMILES string of the molecule is CCOC(=O)c1ccc(N2C(=O)[C@H]3[C@H](c4cc(Br)ccc4OCC(=O)Nc4ccc(Cl)cc4)c4sc(=O)[nH]c4S[C@H]3C2=O)cc1. The molecule has 3 heterocycles. The van der Waals surface area contributed by atoms with Crippen LogP contribution in [0.5, 0.6) is 5.75 Å². The molecule has 1 aromatic heterocycles. The second kappa shape index (κ2) is 12.8. The van der Waals surface area contributed by atoms with Crippen LogP contribution in [0.4, 0.5) is 11.4 Å². The third kappa shape index (κ3) is 6.17. The summed E-state index contributed by atoms with van der Waals surface area (Å²) in [4.78, 5) is 69.6. The maximum Gasteiger partial charge on any atom is 0.338 e. The number of hydrogen-bond acceptors (Lipinski definition) is 9. The van der Waals surface area contributed by atoms with Crippen LogP contribution in [-0.4, -0.2) is 47.1 Å². The minimum Gasteiger partial charge on any atom is -0.483 e. The molecule has 2 aliphatic rings. The van der Waals surface area contributed by atoms with Crippen LogP contribution in [0.2, 0.25) is 5.02 Å². The minimum atomic E-state index is -0.884. The predicted molar refractivity (Wildman–Crippen MR) is 175 cm³/mol. The molecule has 0 aliphatic carbocycles. The summed E-state index contributed by atoms with van der Waals surface area (Å²) in [6, 6.07) is 17.9. The highest BCUT2D eigenvalue weighted by Crippen LogP contribution is 2.54. The molecular weight excluding hydrogens is 706 g/mol. The second-order valence-electron chi connectivity index (χ2n) is 10.1. The fourth-order valence-corrected chi connectivity index (χ4v) is 8.35. The third-order valence-corrected chi connectivity index (χ3v) is 10.4. The Labute approximate surface area is 278 Å². The number of benzene rings is 3. The number of esters is 1. The first-order chi connectivity index (χ1) is 21.6. The summed E-state index contributed by atoms with van der Waals surface area (Å²) in [5, 5.41) is 2.94. The summed E-state index contributed by atoms with van der Waals surface area (Å²) >= 11 is 11.5. The van der Waals surface area contributed by atoms with E-state index in [0.29, 0.717) is 47.6 Å². The van der Waals surface area contributed by atoms with Gasteiger partial charge in [-0.3, -0.25) is 19.2 Å². The van der Waals surface area contributed by atoms with Crippen molar-refractivity contribution in [3.05, 3.63) is 102 Å². The van der Waals surface area contributed by atoms with Crippen LogP contribution in [0, 0.1) is 5.92 Å². The Bertz CT molecular complexity index is 1880. The number of nitrogens with one attached hydrogen (secondary N) is 2. The predicted octanol–water partition coefficient (Wildman–Crippen LogP) is 5.84. The number of nitrogens with zero attached hydrogens (tertiary/aromatic N) is 1. The summed E-state index contributed by atoms with van der Waals surface area (Å²) < 4.78 is 11.7. The average molecular weight is 729 g/mol. The van der Waals surface area contributed by atoms with Crippen LogP contribution in [0.1, 0.15) is 33.6 Å². The number of carbonyl (C=O) groups excluding carboxylic acids is 4. The molecule has 0 radical (unpaired) electrons. The normalized spacial score (nSPS) is 18.7. The molecule has 0 saturated carbocycles. The highest BCUT2D eigenvalue weighted by Gasteiger charge is 2.56. The molecule has 0 unspecified atom stereocenters. The van der Waals surface area contributed by atoms with Crippen LogP contribution in [-0.2, 0) is 19.1 Å². The van der Waals surface area contributed by atoms with Gasteiger partial charge in [-0.25, -0.2) is 9.69 Å². The minimum absolute atomic E-state index is 0.214. The fourth-order valence-electron chi connectivity index (χ4n) is 5.34. The number of halogens is 2. The van der Waals surface area contributed by atoms with Crippen molar-refractivity contribution in [3.63, 3.8) is 0 Å². The van der Waals surface area contributed by atoms with Gasteiger partial charge in [0.25, 0.3) is 5.91 Å². The van der Waals surface area contributed by atoms with Gasteiger partial charge in [-0.1, -0.05) is 50.6 Å². The van der Waals surface area contributed by atoms with Crippen LogP contribution < -0.4 is 19.8 Å². The number of H-pyrrole nitrogens is 1. The van der Waals surface area contributed by atoms with Gasteiger partial charge in [-0.15, -0.1) is 0 Å². The molecule has 0 spiro atoms. The number of imide groups is 1. The molecule has 230 valence electrons. The number of rotatable bonds is 8. The lowest BCUT2D eigenvalue weighted by atomic mass is 9.82. The molecule has 1 fully saturated rings. The summed E-state index contributed by atoms with van der Waals surface area (Å²) in [6.07, 6.45) is 0. The molecule has 1 saturated heterocycles. The molecule has 3 atom stereocenters. The molecule has 45 heavy (non-hydrogen) atoms. The summed E-state index contributed by atoms with van der Waals surface area (Å²) in [6.45, 7) is 1.58. The summed E-state index contributed by atoms with van der Waals surface area (Å²) in [5.74, 6) is -3.12. The number of ether oxygens (including phenoxy) is 2. The lowest BCUT2D eigenvalue weighted by molar-refractivity contribution is -0.122. The van der Waals surface area contributed by atoms with Crippen molar-refractivity contribution in [3.8, 4) is 5.75 Å². The number of hydrogen-bond donors (Lipinski definition) is 2. The van der Waals surface area contributed by atoms with Crippen molar-refractivity contribution in [1.29, 1.82) is 0 Å². The van der Waals surface area contributed by atoms with Gasteiger partial charge in [-0.05, 0) is 73.7 Å². The van der Waals surface area contributed by atoms with Gasteiger partial charge < -0.3 is 19.8 Å². The Morgan fingerprint density at radius 3 is 2.47 bits per heavy atom. The molecule has 4 aromatic rings. The largest absolute Gasteiger partial charge is 0.483 e. The van der Waals surface area contributed by atoms with E-state index in [-0.39, 0.29) is 18.1 Å². The van der Waals surface area contributed by atoms with E-state index in [1.165, 1.54) is 24.3 Å².